The molecule has 0 saturated carbocycles. The largest absolute Gasteiger partial charge is 0.322 e. The van der Waals surface area contributed by atoms with Crippen LogP contribution in [0.5, 0.6) is 0 Å². The van der Waals surface area contributed by atoms with Crippen molar-refractivity contribution in [3.63, 3.8) is 0 Å². The number of halogens is 1. The lowest BCUT2D eigenvalue weighted by molar-refractivity contribution is 0.102. The van der Waals surface area contributed by atoms with Gasteiger partial charge in [-0.05, 0) is 55.0 Å². The number of anilines is 1. The second kappa shape index (κ2) is 6.32. The van der Waals surface area contributed by atoms with Crippen molar-refractivity contribution in [3.8, 4) is 0 Å². The number of hydrogen-bond acceptors (Lipinski definition) is 2. The molecule has 1 aliphatic carbocycles. The highest BCUT2D eigenvalue weighted by atomic mass is 79.9. The lowest BCUT2D eigenvalue weighted by Crippen LogP contribution is -2.17. The van der Waals surface area contributed by atoms with Gasteiger partial charge in [0.1, 0.15) is 0 Å². The number of benzene rings is 1. The average Bonchev–Trinajstić information content (AvgIpc) is 2.92. The number of carbonyl (C=O) groups excluding carboxylic acids is 1. The summed E-state index contributed by atoms with van der Waals surface area (Å²) in [6.07, 6.45) is 4.62. The molecule has 1 atom stereocenters. The molecule has 0 saturated heterocycles. The Hall–Kier alpha value is -1.13. The molecular formula is C17H18BrNOS. The Morgan fingerprint density at radius 1 is 1.38 bits per heavy atom. The number of hydrogen-bond donors (Lipinski definition) is 1. The summed E-state index contributed by atoms with van der Waals surface area (Å²) >= 11 is 5.15. The van der Waals surface area contributed by atoms with E-state index in [2.05, 4.69) is 28.2 Å². The summed E-state index contributed by atoms with van der Waals surface area (Å²) in [5.74, 6) is 0.809. The number of carbonyl (C=O) groups is 1. The summed E-state index contributed by atoms with van der Waals surface area (Å²) in [6, 6.07) is 7.69. The molecule has 1 aromatic carbocycles. The first-order valence-corrected chi connectivity index (χ1v) is 9.00. The molecule has 0 fully saturated rings. The second-order valence-electron chi connectivity index (χ2n) is 5.53. The highest BCUT2D eigenvalue weighted by Crippen LogP contribution is 2.34. The molecule has 1 amide bonds. The van der Waals surface area contributed by atoms with Crippen molar-refractivity contribution in [1.29, 1.82) is 0 Å². The SMILES string of the molecule is CCC1CCc2c(C(=O)Nc3ccc(Br)cc3)csc2C1. The zero-order chi connectivity index (χ0) is 14.8. The minimum atomic E-state index is 0.0183. The Balaban J connectivity index is 1.77. The van der Waals surface area contributed by atoms with E-state index in [0.29, 0.717) is 0 Å². The van der Waals surface area contributed by atoms with E-state index in [4.69, 9.17) is 0 Å². The number of thiophene rings is 1. The summed E-state index contributed by atoms with van der Waals surface area (Å²) in [5.41, 5.74) is 2.98. The Morgan fingerprint density at radius 3 is 2.86 bits per heavy atom. The zero-order valence-electron chi connectivity index (χ0n) is 12.0. The van der Waals surface area contributed by atoms with Crippen molar-refractivity contribution in [3.05, 3.63) is 50.1 Å². The minimum absolute atomic E-state index is 0.0183. The molecule has 0 aliphatic heterocycles. The smallest absolute Gasteiger partial charge is 0.256 e. The van der Waals surface area contributed by atoms with E-state index in [0.717, 1.165) is 34.5 Å². The van der Waals surface area contributed by atoms with E-state index >= 15 is 0 Å². The van der Waals surface area contributed by atoms with Gasteiger partial charge in [-0.3, -0.25) is 4.79 Å². The summed E-state index contributed by atoms with van der Waals surface area (Å²) in [4.78, 5) is 13.9. The second-order valence-corrected chi connectivity index (χ2v) is 7.41. The van der Waals surface area contributed by atoms with Crippen LogP contribution in [0.15, 0.2) is 34.1 Å². The molecule has 4 heteroatoms. The summed E-state index contributed by atoms with van der Waals surface area (Å²) < 4.78 is 1.01. The van der Waals surface area contributed by atoms with Crippen molar-refractivity contribution >= 4 is 38.9 Å². The minimum Gasteiger partial charge on any atom is -0.322 e. The maximum absolute atomic E-state index is 12.5. The Morgan fingerprint density at radius 2 is 2.14 bits per heavy atom. The highest BCUT2D eigenvalue weighted by Gasteiger charge is 2.24. The van der Waals surface area contributed by atoms with Gasteiger partial charge in [-0.1, -0.05) is 29.3 Å². The summed E-state index contributed by atoms with van der Waals surface area (Å²) in [5, 5.41) is 5.02. The van der Waals surface area contributed by atoms with Crippen molar-refractivity contribution < 1.29 is 4.79 Å². The maximum atomic E-state index is 12.5. The number of nitrogens with one attached hydrogen (secondary N) is 1. The molecule has 2 aromatic rings. The quantitative estimate of drug-likeness (QED) is 0.789. The molecule has 3 rings (SSSR count). The van der Waals surface area contributed by atoms with Gasteiger partial charge in [0, 0.05) is 20.4 Å². The van der Waals surface area contributed by atoms with Crippen molar-refractivity contribution in [2.75, 3.05) is 5.32 Å². The van der Waals surface area contributed by atoms with Crippen LogP contribution in [-0.4, -0.2) is 5.91 Å². The van der Waals surface area contributed by atoms with Crippen molar-refractivity contribution in [1.82, 2.24) is 0 Å². The molecule has 110 valence electrons. The zero-order valence-corrected chi connectivity index (χ0v) is 14.4. The fraction of sp³-hybridized carbons (Fsp3) is 0.353. The first kappa shape index (κ1) is 14.8. The predicted octanol–water partition coefficient (Wildman–Crippen LogP) is 5.28. The van der Waals surface area contributed by atoms with Crippen LogP contribution in [0.2, 0.25) is 0 Å². The fourth-order valence-corrected chi connectivity index (χ4v) is 4.31. The first-order valence-electron chi connectivity index (χ1n) is 7.33. The van der Waals surface area contributed by atoms with Gasteiger partial charge in [0.15, 0.2) is 0 Å². The highest BCUT2D eigenvalue weighted by molar-refractivity contribution is 9.10. The van der Waals surface area contributed by atoms with Crippen LogP contribution in [0, 0.1) is 5.92 Å². The first-order chi connectivity index (χ1) is 10.2. The third-order valence-corrected chi connectivity index (χ3v) is 5.76. The van der Waals surface area contributed by atoms with Crippen LogP contribution in [0.1, 0.15) is 40.6 Å². The van der Waals surface area contributed by atoms with Gasteiger partial charge in [0.25, 0.3) is 5.91 Å². The molecule has 1 aromatic heterocycles. The molecule has 1 N–H and O–H groups in total. The molecule has 2 nitrogen and oxygen atoms in total. The molecule has 0 radical (unpaired) electrons. The van der Waals surface area contributed by atoms with Gasteiger partial charge in [0.2, 0.25) is 0 Å². The molecule has 0 bridgehead atoms. The maximum Gasteiger partial charge on any atom is 0.256 e. The molecule has 0 spiro atoms. The number of fused-ring (bicyclic) bond motifs is 1. The topological polar surface area (TPSA) is 29.1 Å². The van der Waals surface area contributed by atoms with Gasteiger partial charge < -0.3 is 5.32 Å². The lowest BCUT2D eigenvalue weighted by Gasteiger charge is -2.21. The van der Waals surface area contributed by atoms with Crippen molar-refractivity contribution in [2.24, 2.45) is 5.92 Å². The molecule has 21 heavy (non-hydrogen) atoms. The molecule has 1 heterocycles. The Bertz CT molecular complexity index is 647. The lowest BCUT2D eigenvalue weighted by atomic mass is 9.86. The van der Waals surface area contributed by atoms with Gasteiger partial charge >= 0.3 is 0 Å². The van der Waals surface area contributed by atoms with E-state index in [1.54, 1.807) is 11.3 Å². The van der Waals surface area contributed by atoms with Crippen LogP contribution in [0.3, 0.4) is 0 Å². The van der Waals surface area contributed by atoms with Crippen LogP contribution < -0.4 is 5.32 Å². The predicted molar refractivity (Wildman–Crippen MR) is 92.2 cm³/mol. The molecule has 1 unspecified atom stereocenters. The standard InChI is InChI=1S/C17H18BrNOS/c1-2-11-3-8-14-15(10-21-16(14)9-11)17(20)19-13-6-4-12(18)5-7-13/h4-7,10-11H,2-3,8-9H2,1H3,(H,19,20). The van der Waals surface area contributed by atoms with E-state index < -0.39 is 0 Å². The van der Waals surface area contributed by atoms with Crippen molar-refractivity contribution in [2.45, 2.75) is 32.6 Å². The third-order valence-electron chi connectivity index (χ3n) is 4.18. The van der Waals surface area contributed by atoms with E-state index in [1.807, 2.05) is 29.6 Å². The molecule has 1 aliphatic rings. The van der Waals surface area contributed by atoms with Gasteiger partial charge in [-0.2, -0.15) is 0 Å². The van der Waals surface area contributed by atoms with Crippen LogP contribution >= 0.6 is 27.3 Å². The van der Waals surface area contributed by atoms with E-state index in [1.165, 1.54) is 23.3 Å². The summed E-state index contributed by atoms with van der Waals surface area (Å²) in [6.45, 7) is 2.25. The normalized spacial score (nSPS) is 17.3. The third kappa shape index (κ3) is 3.22. The fourth-order valence-electron chi connectivity index (χ4n) is 2.85. The van der Waals surface area contributed by atoms with Gasteiger partial charge in [0.05, 0.1) is 5.56 Å². The molecular weight excluding hydrogens is 346 g/mol. The number of amides is 1. The van der Waals surface area contributed by atoms with Crippen LogP contribution in [-0.2, 0) is 12.8 Å². The van der Waals surface area contributed by atoms with E-state index in [9.17, 15) is 4.79 Å². The Kier molecular flexibility index (Phi) is 4.45. The average molecular weight is 364 g/mol. The van der Waals surface area contributed by atoms with Crippen LogP contribution in [0.4, 0.5) is 5.69 Å². The Labute approximate surface area is 137 Å². The van der Waals surface area contributed by atoms with Gasteiger partial charge in [-0.25, -0.2) is 0 Å². The summed E-state index contributed by atoms with van der Waals surface area (Å²) in [7, 11) is 0. The number of rotatable bonds is 3. The van der Waals surface area contributed by atoms with E-state index in [-0.39, 0.29) is 5.91 Å². The van der Waals surface area contributed by atoms with Crippen LogP contribution in [0.25, 0.3) is 0 Å². The van der Waals surface area contributed by atoms with Gasteiger partial charge in [-0.15, -0.1) is 11.3 Å². The monoisotopic (exact) mass is 363 g/mol.